The number of ketones is 1. The lowest BCUT2D eigenvalue weighted by atomic mass is 10.0. The van der Waals surface area contributed by atoms with E-state index in [1.807, 2.05) is 37.3 Å². The number of Topliss-reactive ketones (excluding diaryl/α,β-unsaturated/α-hetero) is 1. The molecule has 2 atom stereocenters. The van der Waals surface area contributed by atoms with E-state index in [1.54, 1.807) is 0 Å². The maximum Gasteiger partial charge on any atom is 0.391 e. The van der Waals surface area contributed by atoms with Crippen molar-refractivity contribution in [1.29, 1.82) is 0 Å². The molecule has 0 radical (unpaired) electrons. The number of fused-ring (bicyclic) bond motifs is 1. The molecule has 1 aromatic carbocycles. The van der Waals surface area contributed by atoms with Gasteiger partial charge in [0.1, 0.15) is 11.8 Å². The van der Waals surface area contributed by atoms with E-state index in [0.29, 0.717) is 55.7 Å². The molecule has 0 aliphatic carbocycles. The zero-order valence-electron chi connectivity index (χ0n) is 22.7. The van der Waals surface area contributed by atoms with Crippen molar-refractivity contribution >= 4 is 22.6 Å². The van der Waals surface area contributed by atoms with Crippen molar-refractivity contribution in [2.24, 2.45) is 0 Å². The summed E-state index contributed by atoms with van der Waals surface area (Å²) in [5.41, 5.74) is 1.30. The molecule has 0 bridgehead atoms. The highest BCUT2D eigenvalue weighted by Gasteiger charge is 2.37. The second kappa shape index (κ2) is 13.5. The van der Waals surface area contributed by atoms with Gasteiger partial charge in [-0.1, -0.05) is 38.0 Å². The summed E-state index contributed by atoms with van der Waals surface area (Å²) < 4.78 is 51.0. The second-order valence-electron chi connectivity index (χ2n) is 9.65. The third kappa shape index (κ3) is 8.51. The van der Waals surface area contributed by atoms with E-state index >= 15 is 0 Å². The van der Waals surface area contributed by atoms with Gasteiger partial charge >= 0.3 is 6.18 Å². The monoisotopic (exact) mass is 548 g/mol. The van der Waals surface area contributed by atoms with Gasteiger partial charge in [-0.3, -0.25) is 14.5 Å². The zero-order valence-corrected chi connectivity index (χ0v) is 22.7. The summed E-state index contributed by atoms with van der Waals surface area (Å²) in [7, 11) is 4.35. The van der Waals surface area contributed by atoms with Crippen LogP contribution in [-0.4, -0.2) is 60.0 Å². The van der Waals surface area contributed by atoms with Crippen LogP contribution in [-0.2, 0) is 9.59 Å². The van der Waals surface area contributed by atoms with Crippen LogP contribution in [0, 0.1) is 0 Å². The maximum absolute atomic E-state index is 13.2. The fraction of sp³-hybridized carbons (Fsp3) is 0.500. The highest BCUT2D eigenvalue weighted by molar-refractivity contribution is 5.85. The quantitative estimate of drug-likeness (QED) is 0.252. The van der Waals surface area contributed by atoms with Crippen molar-refractivity contribution in [3.05, 3.63) is 42.4 Å². The number of para-hydroxylation sites is 1. The number of unbranched alkanes of at least 4 members (excludes halogenated alkanes) is 2. The Kier molecular flexibility index (Phi) is 10.4. The summed E-state index contributed by atoms with van der Waals surface area (Å²) in [5.74, 6) is 0.259. The Labute approximate surface area is 225 Å². The number of benzene rings is 1. The predicted octanol–water partition coefficient (Wildman–Crippen LogP) is 5.87. The third-order valence-electron chi connectivity index (χ3n) is 6.48. The van der Waals surface area contributed by atoms with Crippen molar-refractivity contribution in [3.8, 4) is 17.2 Å². The highest BCUT2D eigenvalue weighted by atomic mass is 19.4. The van der Waals surface area contributed by atoms with Crippen LogP contribution in [0.3, 0.4) is 0 Å². The first-order valence-electron chi connectivity index (χ1n) is 13.0. The van der Waals surface area contributed by atoms with Crippen LogP contribution >= 0.6 is 0 Å². The van der Waals surface area contributed by atoms with Gasteiger partial charge in [-0.2, -0.15) is 13.2 Å². The number of amides is 1. The number of aromatic nitrogens is 2. The first-order chi connectivity index (χ1) is 18.5. The third-order valence-corrected chi connectivity index (χ3v) is 6.48. The Morgan fingerprint density at radius 2 is 1.90 bits per heavy atom. The number of halogens is 3. The first kappa shape index (κ1) is 30.1. The molecule has 0 saturated heterocycles. The van der Waals surface area contributed by atoms with E-state index in [1.165, 1.54) is 32.3 Å². The van der Waals surface area contributed by atoms with Crippen LogP contribution in [0.25, 0.3) is 22.2 Å². The summed E-state index contributed by atoms with van der Waals surface area (Å²) in [6.07, 6.45) is -0.945. The molecule has 0 aliphatic heterocycles. The summed E-state index contributed by atoms with van der Waals surface area (Å²) in [4.78, 5) is 34.7. The highest BCUT2D eigenvalue weighted by Crippen LogP contribution is 2.34. The van der Waals surface area contributed by atoms with Gasteiger partial charge in [-0.05, 0) is 39.1 Å². The number of rotatable bonds is 14. The van der Waals surface area contributed by atoms with E-state index in [-0.39, 0.29) is 11.7 Å². The van der Waals surface area contributed by atoms with Crippen molar-refractivity contribution in [1.82, 2.24) is 20.2 Å². The number of carbonyl (C=O) groups is 2. The SMILES string of the molecule is CCC(=O)CCCCCC(NC(=O)[C@@H](CC(F)(F)F)N(C)C)c1ncc(-c2cc3ccccc3nc2OC)o1. The van der Waals surface area contributed by atoms with Crippen molar-refractivity contribution in [2.75, 3.05) is 21.2 Å². The Hall–Kier alpha value is -3.47. The van der Waals surface area contributed by atoms with Gasteiger partial charge in [0.25, 0.3) is 0 Å². The number of oxazole rings is 1. The minimum atomic E-state index is -4.51. The Morgan fingerprint density at radius 3 is 2.56 bits per heavy atom. The lowest BCUT2D eigenvalue weighted by Crippen LogP contribution is -2.47. The molecule has 39 heavy (non-hydrogen) atoms. The molecular weight excluding hydrogens is 513 g/mol. The average molecular weight is 549 g/mol. The first-order valence-corrected chi connectivity index (χ1v) is 13.0. The molecule has 212 valence electrons. The number of hydrogen-bond acceptors (Lipinski definition) is 7. The van der Waals surface area contributed by atoms with Crippen LogP contribution < -0.4 is 10.1 Å². The second-order valence-corrected chi connectivity index (χ2v) is 9.65. The number of carbonyl (C=O) groups excluding carboxylic acids is 2. The van der Waals surface area contributed by atoms with E-state index in [2.05, 4.69) is 15.3 Å². The van der Waals surface area contributed by atoms with Gasteiger partial charge in [-0.15, -0.1) is 0 Å². The standard InChI is InChI=1S/C28H35F3N4O4/c1-5-19(36)12-7-6-8-14-22(33-25(37)23(35(2)3)16-28(29,30)31)27-32-17-24(39-27)20-15-18-11-9-10-13-21(18)34-26(20)38-4/h9-11,13,15,17,22-23H,5-8,12,14,16H2,1-4H3,(H,33,37)/t22?,23-/m1/s1. The van der Waals surface area contributed by atoms with Gasteiger partial charge < -0.3 is 14.5 Å². The summed E-state index contributed by atoms with van der Waals surface area (Å²) in [5, 5.41) is 3.58. The summed E-state index contributed by atoms with van der Waals surface area (Å²) in [6.45, 7) is 1.82. The predicted molar refractivity (Wildman–Crippen MR) is 141 cm³/mol. The minimum absolute atomic E-state index is 0.169. The average Bonchev–Trinajstić information content (AvgIpc) is 3.39. The van der Waals surface area contributed by atoms with Crippen molar-refractivity contribution < 1.29 is 31.9 Å². The number of alkyl halides is 3. The molecule has 2 heterocycles. The number of hydrogen-bond donors (Lipinski definition) is 1. The fourth-order valence-electron chi connectivity index (χ4n) is 4.28. The van der Waals surface area contributed by atoms with Gasteiger partial charge in [0, 0.05) is 18.2 Å². The summed E-state index contributed by atoms with van der Waals surface area (Å²) >= 11 is 0. The van der Waals surface area contributed by atoms with Crippen LogP contribution in [0.15, 0.2) is 40.9 Å². The van der Waals surface area contributed by atoms with Gasteiger partial charge in [0.05, 0.1) is 36.8 Å². The molecule has 0 spiro atoms. The maximum atomic E-state index is 13.2. The topological polar surface area (TPSA) is 97.6 Å². The van der Waals surface area contributed by atoms with Crippen LogP contribution in [0.2, 0.25) is 0 Å². The van der Waals surface area contributed by atoms with Crippen LogP contribution in [0.5, 0.6) is 5.88 Å². The lowest BCUT2D eigenvalue weighted by molar-refractivity contribution is -0.155. The molecule has 11 heteroatoms. The molecule has 3 rings (SSSR count). The number of methoxy groups -OCH3 is 1. The van der Waals surface area contributed by atoms with E-state index in [4.69, 9.17) is 9.15 Å². The Bertz CT molecular complexity index is 1260. The molecule has 0 fully saturated rings. The van der Waals surface area contributed by atoms with Crippen LogP contribution in [0.4, 0.5) is 13.2 Å². The van der Waals surface area contributed by atoms with E-state index in [0.717, 1.165) is 10.9 Å². The molecule has 0 saturated carbocycles. The molecule has 0 aliphatic rings. The Balaban J connectivity index is 1.85. The largest absolute Gasteiger partial charge is 0.480 e. The molecule has 1 amide bonds. The molecular formula is C28H35F3N4O4. The molecule has 2 aromatic heterocycles. The van der Waals surface area contributed by atoms with Gasteiger partial charge in [0.15, 0.2) is 5.76 Å². The van der Waals surface area contributed by atoms with E-state index < -0.39 is 30.6 Å². The minimum Gasteiger partial charge on any atom is -0.480 e. The fourth-order valence-corrected chi connectivity index (χ4v) is 4.28. The molecule has 1 unspecified atom stereocenters. The number of nitrogens with one attached hydrogen (secondary N) is 1. The van der Waals surface area contributed by atoms with Crippen LogP contribution in [0.1, 0.15) is 63.8 Å². The van der Waals surface area contributed by atoms with E-state index in [9.17, 15) is 22.8 Å². The Morgan fingerprint density at radius 1 is 1.15 bits per heavy atom. The summed E-state index contributed by atoms with van der Waals surface area (Å²) in [6, 6.07) is 7.19. The van der Waals surface area contributed by atoms with Crippen molar-refractivity contribution in [2.45, 2.75) is 70.1 Å². The number of pyridine rings is 1. The van der Waals surface area contributed by atoms with Crippen molar-refractivity contribution in [3.63, 3.8) is 0 Å². The number of nitrogens with zero attached hydrogens (tertiary/aromatic N) is 3. The zero-order chi connectivity index (χ0) is 28.6. The normalized spacial score (nSPS) is 13.4. The smallest absolute Gasteiger partial charge is 0.391 e. The molecule has 3 aromatic rings. The van der Waals surface area contributed by atoms with Gasteiger partial charge in [-0.25, -0.2) is 9.97 Å². The molecule has 8 nitrogen and oxygen atoms in total. The number of ether oxygens (including phenoxy) is 1. The lowest BCUT2D eigenvalue weighted by Gasteiger charge is -2.26. The number of likely N-dealkylation sites (N-methyl/N-ethyl adjacent to an activating group) is 1. The van der Waals surface area contributed by atoms with Gasteiger partial charge in [0.2, 0.25) is 17.7 Å². The molecule has 1 N–H and O–H groups in total.